The summed E-state index contributed by atoms with van der Waals surface area (Å²) in [6.45, 7) is 0. The normalized spacial score (nSPS) is 19.4. The Morgan fingerprint density at radius 3 is 2.79 bits per heavy atom. The van der Waals surface area contributed by atoms with Crippen LogP contribution < -0.4 is 5.32 Å². The molecule has 1 N–H and O–H groups in total. The minimum Gasteiger partial charge on any atom is -0.371 e. The first kappa shape index (κ1) is 12.9. The number of amides is 2. The Kier molecular flexibility index (Phi) is 3.41. The molecule has 1 atom stereocenters. The molecule has 0 saturated carbocycles. The topological polar surface area (TPSA) is 105 Å². The smallest absolute Gasteiger partial charge is 0.363 e. The van der Waals surface area contributed by atoms with Crippen LogP contribution in [-0.2, 0) is 9.59 Å². The highest BCUT2D eigenvalue weighted by Crippen LogP contribution is 2.18. The molecular weight excluding hydrogens is 252 g/mol. The van der Waals surface area contributed by atoms with E-state index in [2.05, 4.69) is 10.3 Å². The molecule has 1 saturated heterocycles. The van der Waals surface area contributed by atoms with Gasteiger partial charge in [-0.05, 0) is 22.4 Å². The number of pyridine rings is 1. The van der Waals surface area contributed by atoms with Crippen molar-refractivity contribution in [1.82, 2.24) is 9.88 Å². The second-order valence-corrected chi connectivity index (χ2v) is 4.19. The summed E-state index contributed by atoms with van der Waals surface area (Å²) in [4.78, 5) is 37.7. The second kappa shape index (κ2) is 5.01. The number of hydrogen-bond donors (Lipinski definition) is 1. The van der Waals surface area contributed by atoms with Crippen molar-refractivity contribution in [3.8, 4) is 0 Å². The summed E-state index contributed by atoms with van der Waals surface area (Å²) >= 11 is 0. The molecule has 19 heavy (non-hydrogen) atoms. The maximum absolute atomic E-state index is 11.8. The van der Waals surface area contributed by atoms with Gasteiger partial charge in [0.2, 0.25) is 5.91 Å². The predicted molar refractivity (Wildman–Crippen MR) is 65.3 cm³/mol. The third-order valence-electron chi connectivity index (χ3n) is 2.93. The fraction of sp³-hybridized carbons (Fsp3) is 0.364. The molecular formula is C11H12N4O4. The van der Waals surface area contributed by atoms with Crippen LogP contribution in [0, 0.1) is 10.1 Å². The van der Waals surface area contributed by atoms with Gasteiger partial charge < -0.3 is 15.4 Å². The summed E-state index contributed by atoms with van der Waals surface area (Å²) in [7, 11) is 1.44. The lowest BCUT2D eigenvalue weighted by Crippen LogP contribution is -2.48. The van der Waals surface area contributed by atoms with Crippen LogP contribution in [0.2, 0.25) is 0 Å². The van der Waals surface area contributed by atoms with E-state index in [4.69, 9.17) is 0 Å². The standard InChI is InChI=1S/C11H12N4O4/c1-14-10(16)5-3-8(11(14)17)13-7-2-4-9(12-6-7)15(18)19/h2,4,6,8,13H,3,5H2,1H3. The van der Waals surface area contributed by atoms with Gasteiger partial charge in [0.25, 0.3) is 5.91 Å². The van der Waals surface area contributed by atoms with E-state index in [1.54, 1.807) is 0 Å². The molecule has 0 spiro atoms. The number of rotatable bonds is 3. The molecule has 2 amide bonds. The third kappa shape index (κ3) is 2.67. The summed E-state index contributed by atoms with van der Waals surface area (Å²) in [6, 6.07) is 2.23. The van der Waals surface area contributed by atoms with E-state index in [9.17, 15) is 19.7 Å². The van der Waals surface area contributed by atoms with E-state index in [0.717, 1.165) is 4.90 Å². The van der Waals surface area contributed by atoms with Crippen molar-refractivity contribution in [2.24, 2.45) is 0 Å². The van der Waals surface area contributed by atoms with E-state index < -0.39 is 11.0 Å². The monoisotopic (exact) mass is 264 g/mol. The van der Waals surface area contributed by atoms with Gasteiger partial charge in [0.15, 0.2) is 6.20 Å². The predicted octanol–water partition coefficient (Wildman–Crippen LogP) is 0.549. The number of nitro groups is 1. The summed E-state index contributed by atoms with van der Waals surface area (Å²) in [5.41, 5.74) is 0.506. The summed E-state index contributed by atoms with van der Waals surface area (Å²) in [5, 5.41) is 13.4. The van der Waals surface area contributed by atoms with Gasteiger partial charge in [0.05, 0.1) is 5.69 Å². The zero-order chi connectivity index (χ0) is 14.0. The number of hydrogen-bond acceptors (Lipinski definition) is 6. The fourth-order valence-corrected chi connectivity index (χ4v) is 1.83. The largest absolute Gasteiger partial charge is 0.371 e. The molecule has 1 aromatic rings. The van der Waals surface area contributed by atoms with Crippen LogP contribution in [0.4, 0.5) is 11.5 Å². The summed E-state index contributed by atoms with van der Waals surface area (Å²) in [6.07, 6.45) is 1.99. The van der Waals surface area contributed by atoms with Crippen molar-refractivity contribution in [1.29, 1.82) is 0 Å². The summed E-state index contributed by atoms with van der Waals surface area (Å²) < 4.78 is 0. The van der Waals surface area contributed by atoms with E-state index in [1.807, 2.05) is 0 Å². The highest BCUT2D eigenvalue weighted by Gasteiger charge is 2.31. The number of carbonyl (C=O) groups is 2. The molecule has 0 radical (unpaired) electrons. The van der Waals surface area contributed by atoms with Gasteiger partial charge in [-0.3, -0.25) is 14.5 Å². The van der Waals surface area contributed by atoms with Crippen LogP contribution in [0.5, 0.6) is 0 Å². The number of carbonyl (C=O) groups excluding carboxylic acids is 2. The number of piperidine rings is 1. The van der Waals surface area contributed by atoms with Crippen molar-refractivity contribution in [3.63, 3.8) is 0 Å². The third-order valence-corrected chi connectivity index (χ3v) is 2.93. The molecule has 1 fully saturated rings. The Labute approximate surface area is 108 Å². The fourth-order valence-electron chi connectivity index (χ4n) is 1.83. The molecule has 100 valence electrons. The van der Waals surface area contributed by atoms with Crippen LogP contribution >= 0.6 is 0 Å². The summed E-state index contributed by atoms with van der Waals surface area (Å²) in [5.74, 6) is -0.771. The van der Waals surface area contributed by atoms with E-state index in [0.29, 0.717) is 18.5 Å². The lowest BCUT2D eigenvalue weighted by Gasteiger charge is -2.28. The molecule has 1 aromatic heterocycles. The highest BCUT2D eigenvalue weighted by atomic mass is 16.6. The van der Waals surface area contributed by atoms with Crippen LogP contribution in [0.1, 0.15) is 12.8 Å². The van der Waals surface area contributed by atoms with E-state index in [-0.39, 0.29) is 17.6 Å². The lowest BCUT2D eigenvalue weighted by molar-refractivity contribution is -0.389. The number of likely N-dealkylation sites (N-methyl/N-ethyl adjacent to an activating group) is 1. The van der Waals surface area contributed by atoms with Gasteiger partial charge in [-0.15, -0.1) is 0 Å². The molecule has 0 bridgehead atoms. The van der Waals surface area contributed by atoms with Gasteiger partial charge in [-0.2, -0.15) is 0 Å². The Morgan fingerprint density at radius 1 is 1.47 bits per heavy atom. The van der Waals surface area contributed by atoms with Crippen LogP contribution in [0.25, 0.3) is 0 Å². The molecule has 0 aliphatic carbocycles. The van der Waals surface area contributed by atoms with Gasteiger partial charge in [-0.1, -0.05) is 0 Å². The highest BCUT2D eigenvalue weighted by molar-refractivity contribution is 6.01. The zero-order valence-corrected chi connectivity index (χ0v) is 10.2. The van der Waals surface area contributed by atoms with Crippen LogP contribution in [0.15, 0.2) is 18.3 Å². The molecule has 2 heterocycles. The molecule has 8 heteroatoms. The van der Waals surface area contributed by atoms with Gasteiger partial charge in [0, 0.05) is 19.5 Å². The maximum Gasteiger partial charge on any atom is 0.363 e. The Morgan fingerprint density at radius 2 is 2.21 bits per heavy atom. The number of aromatic nitrogens is 1. The maximum atomic E-state index is 11.8. The average molecular weight is 264 g/mol. The van der Waals surface area contributed by atoms with Gasteiger partial charge >= 0.3 is 5.82 Å². The van der Waals surface area contributed by atoms with E-state index in [1.165, 1.54) is 25.4 Å². The quantitative estimate of drug-likeness (QED) is 0.485. The van der Waals surface area contributed by atoms with Gasteiger partial charge in [-0.25, -0.2) is 0 Å². The Bertz CT molecular complexity index is 528. The molecule has 1 aliphatic rings. The lowest BCUT2D eigenvalue weighted by atomic mass is 10.0. The van der Waals surface area contributed by atoms with Crippen molar-refractivity contribution < 1.29 is 14.5 Å². The Balaban J connectivity index is 2.07. The SMILES string of the molecule is CN1C(=O)CCC(Nc2ccc([N+](=O)[O-])nc2)C1=O. The van der Waals surface area contributed by atoms with Crippen molar-refractivity contribution in [2.75, 3.05) is 12.4 Å². The minimum atomic E-state index is -0.595. The van der Waals surface area contributed by atoms with Crippen molar-refractivity contribution in [2.45, 2.75) is 18.9 Å². The molecule has 2 rings (SSSR count). The first-order chi connectivity index (χ1) is 8.99. The number of likely N-dealkylation sites (tertiary alicyclic amines) is 1. The second-order valence-electron chi connectivity index (χ2n) is 4.19. The number of nitrogens with zero attached hydrogens (tertiary/aromatic N) is 3. The molecule has 1 unspecified atom stereocenters. The van der Waals surface area contributed by atoms with Crippen LogP contribution in [0.3, 0.4) is 0 Å². The average Bonchev–Trinajstić information content (AvgIpc) is 2.40. The van der Waals surface area contributed by atoms with Crippen molar-refractivity contribution in [3.05, 3.63) is 28.4 Å². The zero-order valence-electron chi connectivity index (χ0n) is 10.2. The van der Waals surface area contributed by atoms with E-state index >= 15 is 0 Å². The minimum absolute atomic E-state index is 0.204. The number of anilines is 1. The first-order valence-electron chi connectivity index (χ1n) is 5.66. The number of nitrogens with one attached hydrogen (secondary N) is 1. The molecule has 0 aromatic carbocycles. The van der Waals surface area contributed by atoms with Crippen LogP contribution in [-0.4, -0.2) is 39.7 Å². The number of imide groups is 1. The molecule has 8 nitrogen and oxygen atoms in total. The van der Waals surface area contributed by atoms with Gasteiger partial charge in [0.1, 0.15) is 6.04 Å². The van der Waals surface area contributed by atoms with Crippen molar-refractivity contribution >= 4 is 23.3 Å². The molecule has 1 aliphatic heterocycles. The Hall–Kier alpha value is -2.51. The first-order valence-corrected chi connectivity index (χ1v) is 5.66.